The molecule has 3 aromatic rings. The lowest BCUT2D eigenvalue weighted by molar-refractivity contribution is 0.0702. The van der Waals surface area contributed by atoms with Crippen LogP contribution in [-0.4, -0.2) is 109 Å². The first-order chi connectivity index (χ1) is 28.1. The largest absolute Gasteiger partial charge is 0.500 e. The number of nitrogens with zero attached hydrogens (tertiary/aromatic N) is 2. The topological polar surface area (TPSA) is 151 Å². The summed E-state index contributed by atoms with van der Waals surface area (Å²) in [6.45, 7) is 15.9. The summed E-state index contributed by atoms with van der Waals surface area (Å²) in [5.74, 6) is -0.0357. The molecule has 0 aliphatic heterocycles. The summed E-state index contributed by atoms with van der Waals surface area (Å²) >= 11 is 0. The van der Waals surface area contributed by atoms with E-state index in [0.717, 1.165) is 24.0 Å². The Labute approximate surface area is 345 Å². The molecule has 0 heterocycles. The summed E-state index contributed by atoms with van der Waals surface area (Å²) in [5.41, 5.74) is 2.02. The highest BCUT2D eigenvalue weighted by Gasteiger charge is 2.40. The Balaban J connectivity index is 1.56. The Kier molecular flexibility index (Phi) is 21.5. The van der Waals surface area contributed by atoms with Gasteiger partial charge in [-0.15, -0.1) is 0 Å². The zero-order chi connectivity index (χ0) is 42.2. The average Bonchev–Trinajstić information content (AvgIpc) is 3.22. The third-order valence-corrected chi connectivity index (χ3v) is 14.6. The van der Waals surface area contributed by atoms with Crippen molar-refractivity contribution in [2.75, 3.05) is 67.0 Å². The summed E-state index contributed by atoms with van der Waals surface area (Å²) in [6, 6.07) is 17.6. The molecule has 58 heavy (non-hydrogen) atoms. The number of methoxy groups -OCH3 is 2. The molecule has 0 aromatic heterocycles. The number of benzene rings is 3. The van der Waals surface area contributed by atoms with E-state index in [1.165, 1.54) is 38.5 Å². The van der Waals surface area contributed by atoms with E-state index in [-0.39, 0.29) is 22.6 Å². The van der Waals surface area contributed by atoms with Crippen LogP contribution in [0.3, 0.4) is 0 Å². The highest BCUT2D eigenvalue weighted by atomic mass is 28.4. The molecule has 3 rings (SSSR count). The van der Waals surface area contributed by atoms with Crippen molar-refractivity contribution in [1.82, 2.24) is 0 Å². The zero-order valence-electron chi connectivity index (χ0n) is 35.2. The Morgan fingerprint density at radius 3 is 1.12 bits per heavy atom. The average molecular weight is 841 g/mol. The van der Waals surface area contributed by atoms with Gasteiger partial charge in [0.05, 0.1) is 25.3 Å². The fourth-order valence-corrected chi connectivity index (χ4v) is 11.1. The smallest absolute Gasteiger partial charge is 0.493 e. The second-order valence-electron chi connectivity index (χ2n) is 12.4. The van der Waals surface area contributed by atoms with Crippen molar-refractivity contribution in [3.63, 3.8) is 0 Å². The number of hydrogen-bond donors (Lipinski definition) is 0. The van der Waals surface area contributed by atoms with Gasteiger partial charge in [-0.2, -0.15) is 0 Å². The summed E-state index contributed by atoms with van der Waals surface area (Å²) in [7, 11) is -2.44. The molecule has 16 heteroatoms. The SMILES string of the molecule is CCO[Si](CCCN=Cc1ccc(OC(=O)c2ccc(C(=O)Oc3ccc(C=NCCC[Si](OCC)(OCC)OCC)cc3OC)cc2)c(OC)c1)(OCC)OCC. The molecule has 0 radical (unpaired) electrons. The van der Waals surface area contributed by atoms with E-state index in [9.17, 15) is 9.59 Å². The fourth-order valence-electron chi connectivity index (χ4n) is 5.87. The van der Waals surface area contributed by atoms with E-state index >= 15 is 0 Å². The maximum atomic E-state index is 13.1. The summed E-state index contributed by atoms with van der Waals surface area (Å²) in [5, 5.41) is 0. The number of carbonyl (C=O) groups excluding carboxylic acids is 2. The normalized spacial score (nSPS) is 12.0. The van der Waals surface area contributed by atoms with Crippen LogP contribution in [0, 0.1) is 0 Å². The highest BCUT2D eigenvalue weighted by molar-refractivity contribution is 6.61. The number of ether oxygens (including phenoxy) is 4. The number of rotatable bonds is 28. The number of aliphatic imine (C=N–C) groups is 2. The van der Waals surface area contributed by atoms with Crippen LogP contribution in [0.1, 0.15) is 86.2 Å². The van der Waals surface area contributed by atoms with Gasteiger partial charge in [-0.25, -0.2) is 9.59 Å². The standard InChI is InChI=1S/C42H60N2O12Si2/c1-9-49-57(50-10-2,51-11-3)27-15-25-43-31-33-17-23-37(39(29-33)47-7)55-41(45)35-19-21-36(22-20-35)42(46)56-38-24-18-34(30-40(38)48-8)32-44-26-16-28-58(52-12-4,53-13-5)54-14-6/h17-24,29-32H,9-16,25-28H2,1-8H3. The third kappa shape index (κ3) is 15.2. The number of hydrogen-bond acceptors (Lipinski definition) is 14. The van der Waals surface area contributed by atoms with Crippen LogP contribution in [0.15, 0.2) is 70.6 Å². The minimum absolute atomic E-state index is 0.234. The third-order valence-electron chi connectivity index (χ3n) is 8.34. The monoisotopic (exact) mass is 840 g/mol. The highest BCUT2D eigenvalue weighted by Crippen LogP contribution is 2.30. The molecule has 0 bridgehead atoms. The van der Waals surface area contributed by atoms with E-state index in [0.29, 0.717) is 76.3 Å². The van der Waals surface area contributed by atoms with Crippen molar-refractivity contribution in [1.29, 1.82) is 0 Å². The van der Waals surface area contributed by atoms with Gasteiger partial charge in [-0.05, 0) is 126 Å². The molecule has 0 amide bonds. The first kappa shape index (κ1) is 48.1. The van der Waals surface area contributed by atoms with Crippen LogP contribution in [0.5, 0.6) is 23.0 Å². The van der Waals surface area contributed by atoms with Gasteiger partial charge in [-0.1, -0.05) is 0 Å². The first-order valence-corrected chi connectivity index (χ1v) is 23.7. The van der Waals surface area contributed by atoms with Gasteiger partial charge in [0.15, 0.2) is 23.0 Å². The quantitative estimate of drug-likeness (QED) is 0.0230. The molecule has 0 saturated heterocycles. The molecule has 14 nitrogen and oxygen atoms in total. The molecule has 0 aliphatic carbocycles. The molecule has 3 aromatic carbocycles. The molecular weight excluding hydrogens is 781 g/mol. The Bertz CT molecular complexity index is 1600. The predicted octanol–water partition coefficient (Wildman–Crippen LogP) is 7.86. The van der Waals surface area contributed by atoms with Gasteiger partial charge in [0.2, 0.25) is 0 Å². The van der Waals surface area contributed by atoms with Crippen molar-refractivity contribution in [2.24, 2.45) is 9.98 Å². The lowest BCUT2D eigenvalue weighted by Gasteiger charge is -2.28. The minimum atomic E-state index is -2.72. The van der Waals surface area contributed by atoms with Crippen LogP contribution >= 0.6 is 0 Å². The summed E-state index contributed by atoms with van der Waals surface area (Å²) in [6.07, 6.45) is 4.96. The Morgan fingerprint density at radius 1 is 0.500 bits per heavy atom. The molecule has 0 spiro atoms. The van der Waals surface area contributed by atoms with Gasteiger partial charge in [0, 0.05) is 77.2 Å². The first-order valence-electron chi connectivity index (χ1n) is 19.9. The zero-order valence-corrected chi connectivity index (χ0v) is 37.2. The van der Waals surface area contributed by atoms with Crippen molar-refractivity contribution in [2.45, 2.75) is 66.5 Å². The molecule has 0 aliphatic rings. The minimum Gasteiger partial charge on any atom is -0.493 e. The molecule has 0 saturated carbocycles. The van der Waals surface area contributed by atoms with Crippen molar-refractivity contribution >= 4 is 42.0 Å². The van der Waals surface area contributed by atoms with E-state index < -0.39 is 29.5 Å². The van der Waals surface area contributed by atoms with E-state index in [1.54, 1.807) is 48.8 Å². The van der Waals surface area contributed by atoms with Crippen LogP contribution < -0.4 is 18.9 Å². The Hall–Kier alpha value is -4.27. The van der Waals surface area contributed by atoms with E-state index in [2.05, 4.69) is 9.98 Å². The van der Waals surface area contributed by atoms with Gasteiger partial charge >= 0.3 is 29.5 Å². The van der Waals surface area contributed by atoms with Crippen LogP contribution in [-0.2, 0) is 26.6 Å². The fraction of sp³-hybridized carbons (Fsp3) is 0.476. The second kappa shape index (κ2) is 26.0. The van der Waals surface area contributed by atoms with Crippen LogP contribution in [0.25, 0.3) is 0 Å². The molecule has 0 fully saturated rings. The Morgan fingerprint density at radius 2 is 0.828 bits per heavy atom. The molecule has 0 unspecified atom stereocenters. The van der Waals surface area contributed by atoms with Gasteiger partial charge < -0.3 is 45.5 Å². The predicted molar refractivity (Wildman–Crippen MR) is 227 cm³/mol. The molecule has 318 valence electrons. The van der Waals surface area contributed by atoms with Gasteiger partial charge in [0.1, 0.15) is 0 Å². The van der Waals surface area contributed by atoms with Gasteiger partial charge in [-0.3, -0.25) is 9.98 Å². The number of carbonyl (C=O) groups is 2. The van der Waals surface area contributed by atoms with Crippen molar-refractivity contribution in [3.05, 3.63) is 82.9 Å². The van der Waals surface area contributed by atoms with Crippen molar-refractivity contribution in [3.8, 4) is 23.0 Å². The summed E-state index contributed by atoms with van der Waals surface area (Å²) in [4.78, 5) is 35.2. The van der Waals surface area contributed by atoms with Crippen molar-refractivity contribution < 1.29 is 55.1 Å². The molecular formula is C42H60N2O12Si2. The lowest BCUT2D eigenvalue weighted by atomic mass is 10.1. The van der Waals surface area contributed by atoms with Crippen LogP contribution in [0.2, 0.25) is 12.1 Å². The second-order valence-corrected chi connectivity index (χ2v) is 17.9. The molecule has 0 N–H and O–H groups in total. The van der Waals surface area contributed by atoms with E-state index in [4.69, 9.17) is 45.5 Å². The summed E-state index contributed by atoms with van der Waals surface area (Å²) < 4.78 is 57.8. The lowest BCUT2D eigenvalue weighted by Crippen LogP contribution is -2.46. The maximum Gasteiger partial charge on any atom is 0.500 e. The van der Waals surface area contributed by atoms with E-state index in [1.807, 2.05) is 41.5 Å². The van der Waals surface area contributed by atoms with Crippen LogP contribution in [0.4, 0.5) is 0 Å². The number of esters is 2. The molecule has 0 atom stereocenters. The van der Waals surface area contributed by atoms with Gasteiger partial charge in [0.25, 0.3) is 0 Å². The maximum absolute atomic E-state index is 13.1.